The number of nitrogens with one attached hydrogen (secondary N) is 2. The lowest BCUT2D eigenvalue weighted by Gasteiger charge is -2.37. The average molecular weight is 471 g/mol. The minimum absolute atomic E-state index is 0.0994. The lowest BCUT2D eigenvalue weighted by Crippen LogP contribution is -2.57. The van der Waals surface area contributed by atoms with Crippen LogP contribution < -0.4 is 20.3 Å². The van der Waals surface area contributed by atoms with Crippen molar-refractivity contribution in [1.82, 2.24) is 25.5 Å². The summed E-state index contributed by atoms with van der Waals surface area (Å²) in [5.41, 5.74) is -1.17. The van der Waals surface area contributed by atoms with Gasteiger partial charge in [0.05, 0.1) is 25.0 Å². The minimum atomic E-state index is -4.65. The second-order valence-corrected chi connectivity index (χ2v) is 7.67. The highest BCUT2D eigenvalue weighted by molar-refractivity contribution is 5.39. The van der Waals surface area contributed by atoms with Gasteiger partial charge in [-0.05, 0) is 6.07 Å². The molecule has 4 rings (SSSR count). The number of halogens is 3. The number of piperazine rings is 1. The van der Waals surface area contributed by atoms with Crippen LogP contribution in [0.3, 0.4) is 0 Å². The summed E-state index contributed by atoms with van der Waals surface area (Å²) in [6.45, 7) is 3.20. The molecule has 2 aromatic heterocycles. The zero-order chi connectivity index (χ0) is 23.4. The van der Waals surface area contributed by atoms with Gasteiger partial charge in [0.25, 0.3) is 0 Å². The highest BCUT2D eigenvalue weighted by Crippen LogP contribution is 2.28. The van der Waals surface area contributed by atoms with E-state index in [1.807, 2.05) is 0 Å². The number of ether oxygens (including phenoxy) is 2. The average Bonchev–Trinajstić information content (AvgIpc) is 2.82. The Morgan fingerprint density at radius 3 is 2.64 bits per heavy atom. The van der Waals surface area contributed by atoms with Crippen molar-refractivity contribution >= 4 is 11.6 Å². The number of aliphatic hydroxyl groups excluding tert-OH is 2. The van der Waals surface area contributed by atoms with E-state index in [9.17, 15) is 23.4 Å². The Labute approximate surface area is 187 Å². The number of hydrogen-bond donors (Lipinski definition) is 4. The van der Waals surface area contributed by atoms with Crippen LogP contribution in [0, 0.1) is 0 Å². The third-order valence-corrected chi connectivity index (χ3v) is 5.35. The van der Waals surface area contributed by atoms with Crippen LogP contribution in [0.5, 0.6) is 5.88 Å². The highest BCUT2D eigenvalue weighted by atomic mass is 19.4. The van der Waals surface area contributed by atoms with E-state index in [2.05, 4.69) is 35.7 Å². The first-order valence-electron chi connectivity index (χ1n) is 10.4. The fraction of sp³-hybridized carbons (Fsp3) is 0.579. The van der Waals surface area contributed by atoms with E-state index in [0.29, 0.717) is 6.20 Å². The molecule has 33 heavy (non-hydrogen) atoms. The Morgan fingerprint density at radius 2 is 1.94 bits per heavy atom. The summed E-state index contributed by atoms with van der Waals surface area (Å²) in [6, 6.07) is 2.55. The first-order valence-corrected chi connectivity index (χ1v) is 10.4. The molecule has 0 bridgehead atoms. The summed E-state index contributed by atoms with van der Waals surface area (Å²) in [7, 11) is 0. The first kappa shape index (κ1) is 23.4. The fourth-order valence-electron chi connectivity index (χ4n) is 3.54. The molecule has 2 fully saturated rings. The van der Waals surface area contributed by atoms with Gasteiger partial charge in [-0.1, -0.05) is 0 Å². The Hall–Kier alpha value is -2.81. The van der Waals surface area contributed by atoms with Crippen LogP contribution in [0.4, 0.5) is 24.8 Å². The van der Waals surface area contributed by atoms with E-state index in [1.54, 1.807) is 12.1 Å². The second kappa shape index (κ2) is 9.99. The van der Waals surface area contributed by atoms with Gasteiger partial charge in [0, 0.05) is 32.2 Å². The molecule has 0 amide bonds. The van der Waals surface area contributed by atoms with E-state index in [4.69, 9.17) is 9.47 Å². The lowest BCUT2D eigenvalue weighted by molar-refractivity contribution is -0.150. The molecular formula is C19H24F3N7O4. The van der Waals surface area contributed by atoms with Crippen molar-refractivity contribution in [2.24, 2.45) is 0 Å². The second-order valence-electron chi connectivity index (χ2n) is 7.67. The van der Waals surface area contributed by atoms with E-state index < -0.39 is 36.2 Å². The van der Waals surface area contributed by atoms with Crippen LogP contribution in [0.1, 0.15) is 5.69 Å². The van der Waals surface area contributed by atoms with Crippen molar-refractivity contribution < 1.29 is 32.9 Å². The number of hydrogen-bond acceptors (Lipinski definition) is 11. The van der Waals surface area contributed by atoms with Gasteiger partial charge >= 0.3 is 6.18 Å². The van der Waals surface area contributed by atoms with E-state index in [0.717, 1.165) is 38.2 Å². The summed E-state index contributed by atoms with van der Waals surface area (Å²) in [4.78, 5) is 9.04. The number of nitrogens with zero attached hydrogens (tertiary/aromatic N) is 5. The molecule has 2 aliphatic heterocycles. The van der Waals surface area contributed by atoms with Gasteiger partial charge in [-0.15, -0.1) is 10.2 Å². The van der Waals surface area contributed by atoms with Gasteiger partial charge in [-0.2, -0.15) is 13.2 Å². The summed E-state index contributed by atoms with van der Waals surface area (Å²) in [5, 5.41) is 34.9. The van der Waals surface area contributed by atoms with Gasteiger partial charge in [-0.3, -0.25) is 4.98 Å². The van der Waals surface area contributed by atoms with Crippen molar-refractivity contribution in [3.8, 4) is 5.88 Å². The van der Waals surface area contributed by atoms with Crippen LogP contribution >= 0.6 is 0 Å². The molecular weight excluding hydrogens is 447 g/mol. The Bertz CT molecular complexity index is 915. The molecule has 0 aromatic carbocycles. The molecule has 11 nitrogen and oxygen atoms in total. The van der Waals surface area contributed by atoms with Gasteiger partial charge in [0.15, 0.2) is 11.5 Å². The molecule has 4 N–H and O–H groups in total. The van der Waals surface area contributed by atoms with Crippen molar-refractivity contribution in [2.75, 3.05) is 49.6 Å². The molecule has 2 aliphatic rings. The molecule has 180 valence electrons. The lowest BCUT2D eigenvalue weighted by atomic mass is 9.98. The maximum Gasteiger partial charge on any atom is 0.434 e. The number of anilines is 2. The summed E-state index contributed by atoms with van der Waals surface area (Å²) in [5.74, 6) is 0.776. The van der Waals surface area contributed by atoms with E-state index >= 15 is 0 Å². The number of alkyl halides is 3. The first-order chi connectivity index (χ1) is 15.8. The van der Waals surface area contributed by atoms with Gasteiger partial charge in [0.1, 0.15) is 30.7 Å². The number of rotatable bonds is 6. The van der Waals surface area contributed by atoms with Crippen LogP contribution in [0.2, 0.25) is 0 Å². The van der Waals surface area contributed by atoms with Gasteiger partial charge < -0.3 is 35.2 Å². The van der Waals surface area contributed by atoms with Crippen molar-refractivity contribution in [2.45, 2.75) is 30.5 Å². The third-order valence-electron chi connectivity index (χ3n) is 5.35. The molecule has 0 unspecified atom stereocenters. The Kier molecular flexibility index (Phi) is 7.07. The molecule has 0 saturated carbocycles. The molecule has 14 heteroatoms. The van der Waals surface area contributed by atoms with Crippen LogP contribution in [-0.2, 0) is 10.9 Å². The van der Waals surface area contributed by atoms with Crippen LogP contribution in [0.25, 0.3) is 0 Å². The van der Waals surface area contributed by atoms with Gasteiger partial charge in [0.2, 0.25) is 5.88 Å². The van der Waals surface area contributed by atoms with Gasteiger partial charge in [-0.25, -0.2) is 4.98 Å². The minimum Gasteiger partial charge on any atom is -0.474 e. The molecule has 4 atom stereocenters. The predicted octanol–water partition coefficient (Wildman–Crippen LogP) is -0.325. The van der Waals surface area contributed by atoms with Crippen LogP contribution in [-0.4, -0.2) is 94.1 Å². The third kappa shape index (κ3) is 5.76. The maximum atomic E-state index is 12.8. The van der Waals surface area contributed by atoms with E-state index in [1.165, 1.54) is 0 Å². The SMILES string of the molecule is O[C@@H]1[C@H](O)[C@@H](Nc2cncc(C(F)(F)F)n2)CO[C@@H]1COc1ccc(N2CCNCC2)nn1. The molecule has 0 radical (unpaired) electrons. The molecule has 0 aliphatic carbocycles. The molecule has 2 aromatic rings. The van der Waals surface area contributed by atoms with Crippen molar-refractivity contribution in [3.05, 3.63) is 30.2 Å². The number of aliphatic hydroxyl groups is 2. The number of aromatic nitrogens is 4. The van der Waals surface area contributed by atoms with Crippen molar-refractivity contribution in [1.29, 1.82) is 0 Å². The van der Waals surface area contributed by atoms with Crippen LogP contribution in [0.15, 0.2) is 24.5 Å². The predicted molar refractivity (Wildman–Crippen MR) is 109 cm³/mol. The maximum absolute atomic E-state index is 12.8. The monoisotopic (exact) mass is 471 g/mol. The topological polar surface area (TPSA) is 138 Å². The van der Waals surface area contributed by atoms with Crippen molar-refractivity contribution in [3.63, 3.8) is 0 Å². The van der Waals surface area contributed by atoms with E-state index in [-0.39, 0.29) is 24.9 Å². The Balaban J connectivity index is 1.29. The molecule has 4 heterocycles. The Morgan fingerprint density at radius 1 is 1.15 bits per heavy atom. The largest absolute Gasteiger partial charge is 0.474 e. The fourth-order valence-corrected chi connectivity index (χ4v) is 3.54. The normalized spacial score (nSPS) is 26.2. The summed E-state index contributed by atoms with van der Waals surface area (Å²) in [6.07, 6.45) is -6.54. The highest BCUT2D eigenvalue weighted by Gasteiger charge is 2.39. The zero-order valence-electron chi connectivity index (χ0n) is 17.4. The molecule has 2 saturated heterocycles. The summed E-state index contributed by atoms with van der Waals surface area (Å²) >= 11 is 0. The smallest absolute Gasteiger partial charge is 0.434 e. The zero-order valence-corrected chi connectivity index (χ0v) is 17.4. The summed E-state index contributed by atoms with van der Waals surface area (Å²) < 4.78 is 49.5. The quantitative estimate of drug-likeness (QED) is 0.441. The standard InChI is InChI=1S/C19H24F3N7O4/c20-19(21,22)13-7-24-8-14(26-13)25-11-9-32-12(18(31)17(11)30)10-33-16-2-1-15(27-28-16)29-5-3-23-4-6-29/h1-2,7-8,11-12,17-18,23,30-31H,3-6,9-10H2,(H,25,26)/t11-,12+,17+,18-/m0/s1. The molecule has 0 spiro atoms.